The maximum Gasteiger partial charge on any atom is 0.244 e. The van der Waals surface area contributed by atoms with E-state index >= 15 is 0 Å². The van der Waals surface area contributed by atoms with Gasteiger partial charge < -0.3 is 14.5 Å². The lowest BCUT2D eigenvalue weighted by molar-refractivity contribution is -0.117. The number of imidazole rings is 2. The van der Waals surface area contributed by atoms with E-state index in [9.17, 15) is 4.79 Å². The zero-order valence-electron chi connectivity index (χ0n) is 10.4. The van der Waals surface area contributed by atoms with Crippen molar-refractivity contribution in [2.75, 3.05) is 0 Å². The number of carbonyl (C=O) groups is 1. The lowest BCUT2D eigenvalue weighted by atomic mass is 10.2. The highest BCUT2D eigenvalue weighted by molar-refractivity contribution is 5.87. The van der Waals surface area contributed by atoms with Crippen LogP contribution in [0.3, 0.4) is 0 Å². The zero-order chi connectivity index (χ0) is 13.1. The van der Waals surface area contributed by atoms with Crippen LogP contribution in [0.25, 0.3) is 0 Å². The van der Waals surface area contributed by atoms with Gasteiger partial charge in [-0.3, -0.25) is 4.79 Å². The number of nitrogens with zero attached hydrogens (tertiary/aromatic N) is 4. The number of aryl methyl sites for hydroxylation is 2. The first-order valence-electron chi connectivity index (χ1n) is 5.51. The molecule has 2 aromatic heterocycles. The highest BCUT2D eigenvalue weighted by Crippen LogP contribution is 2.18. The van der Waals surface area contributed by atoms with Crippen LogP contribution in [0, 0.1) is 0 Å². The molecule has 0 saturated heterocycles. The molecule has 0 bridgehead atoms. The van der Waals surface area contributed by atoms with Crippen molar-refractivity contribution in [1.82, 2.24) is 24.4 Å². The summed E-state index contributed by atoms with van der Waals surface area (Å²) in [5, 5.41) is 2.83. The molecule has 0 aromatic carbocycles. The third-order valence-corrected chi connectivity index (χ3v) is 2.71. The van der Waals surface area contributed by atoms with Gasteiger partial charge in [0.2, 0.25) is 5.91 Å². The van der Waals surface area contributed by atoms with E-state index in [0.29, 0.717) is 0 Å². The van der Waals surface area contributed by atoms with E-state index in [4.69, 9.17) is 0 Å². The summed E-state index contributed by atoms with van der Waals surface area (Å²) in [5.41, 5.74) is 0. The van der Waals surface area contributed by atoms with E-state index in [1.807, 2.05) is 35.6 Å². The number of hydrogen-bond donors (Lipinski definition) is 1. The quantitative estimate of drug-likeness (QED) is 0.800. The molecule has 0 aliphatic carbocycles. The molecule has 0 atom stereocenters. The Kier molecular flexibility index (Phi) is 3.27. The molecule has 18 heavy (non-hydrogen) atoms. The Morgan fingerprint density at radius 2 is 1.78 bits per heavy atom. The maximum atomic E-state index is 11.5. The Bertz CT molecular complexity index is 528. The Hall–Kier alpha value is -2.37. The van der Waals surface area contributed by atoms with Gasteiger partial charge in [-0.25, -0.2) is 9.97 Å². The minimum Gasteiger partial charge on any atom is -0.336 e. The normalized spacial score (nSPS) is 10.6. The van der Waals surface area contributed by atoms with E-state index in [0.717, 1.165) is 11.6 Å². The second-order valence-corrected chi connectivity index (χ2v) is 3.94. The van der Waals surface area contributed by atoms with E-state index in [-0.39, 0.29) is 5.91 Å². The topological polar surface area (TPSA) is 64.7 Å². The minimum absolute atomic E-state index is 0.258. The van der Waals surface area contributed by atoms with Crippen LogP contribution in [0.4, 0.5) is 0 Å². The molecule has 94 valence electrons. The van der Waals surface area contributed by atoms with Gasteiger partial charge in [0.15, 0.2) is 0 Å². The lowest BCUT2D eigenvalue weighted by Gasteiger charge is -2.17. The van der Waals surface area contributed by atoms with Crippen molar-refractivity contribution in [3.63, 3.8) is 0 Å². The number of carbonyl (C=O) groups excluding carboxylic acids is 1. The predicted molar refractivity (Wildman–Crippen MR) is 66.6 cm³/mol. The summed E-state index contributed by atoms with van der Waals surface area (Å²) in [4.78, 5) is 20.1. The molecule has 0 fully saturated rings. The van der Waals surface area contributed by atoms with Gasteiger partial charge >= 0.3 is 0 Å². The number of rotatable bonds is 4. The van der Waals surface area contributed by atoms with Crippen molar-refractivity contribution in [2.24, 2.45) is 14.1 Å². The number of aromatic nitrogens is 4. The molecule has 0 aliphatic rings. The second-order valence-electron chi connectivity index (χ2n) is 3.94. The molecule has 1 amide bonds. The first-order chi connectivity index (χ1) is 8.63. The Labute approximate surface area is 105 Å². The smallest absolute Gasteiger partial charge is 0.244 e. The first kappa shape index (κ1) is 12.1. The molecule has 2 aromatic rings. The first-order valence-corrected chi connectivity index (χ1v) is 5.51. The molecule has 2 heterocycles. The molecule has 0 unspecified atom stereocenters. The second kappa shape index (κ2) is 4.87. The summed E-state index contributed by atoms with van der Waals surface area (Å²) in [6.45, 7) is 3.45. The minimum atomic E-state index is -0.393. The Morgan fingerprint density at radius 3 is 2.11 bits per heavy atom. The van der Waals surface area contributed by atoms with Crippen LogP contribution in [0.1, 0.15) is 17.7 Å². The molecule has 6 heteroatoms. The molecule has 0 radical (unpaired) electrons. The fraction of sp³-hybridized carbons (Fsp3) is 0.250. The lowest BCUT2D eigenvalue weighted by Crippen LogP contribution is -2.31. The van der Waals surface area contributed by atoms with Crippen LogP contribution in [-0.4, -0.2) is 25.0 Å². The van der Waals surface area contributed by atoms with Gasteiger partial charge in [-0.15, -0.1) is 0 Å². The van der Waals surface area contributed by atoms with Crippen molar-refractivity contribution < 1.29 is 4.79 Å². The van der Waals surface area contributed by atoms with E-state index < -0.39 is 6.04 Å². The van der Waals surface area contributed by atoms with Gasteiger partial charge in [0, 0.05) is 38.9 Å². The van der Waals surface area contributed by atoms with Gasteiger partial charge in [0.05, 0.1) is 0 Å². The van der Waals surface area contributed by atoms with E-state index in [2.05, 4.69) is 21.9 Å². The summed E-state index contributed by atoms with van der Waals surface area (Å²) in [5.74, 6) is 1.19. The monoisotopic (exact) mass is 245 g/mol. The molecule has 0 aliphatic heterocycles. The summed E-state index contributed by atoms with van der Waals surface area (Å²) in [6, 6.07) is -0.393. The van der Waals surface area contributed by atoms with Gasteiger partial charge in [-0.2, -0.15) is 0 Å². The molecule has 0 spiro atoms. The largest absolute Gasteiger partial charge is 0.336 e. The van der Waals surface area contributed by atoms with Gasteiger partial charge in [0.25, 0.3) is 0 Å². The van der Waals surface area contributed by atoms with Gasteiger partial charge in [-0.1, -0.05) is 6.58 Å². The van der Waals surface area contributed by atoms with Crippen LogP contribution in [0.5, 0.6) is 0 Å². The molecular weight excluding hydrogens is 230 g/mol. The average Bonchev–Trinajstić information content (AvgIpc) is 2.95. The van der Waals surface area contributed by atoms with Crippen molar-refractivity contribution in [3.8, 4) is 0 Å². The molecular formula is C12H15N5O. The van der Waals surface area contributed by atoms with Crippen LogP contribution >= 0.6 is 0 Å². The van der Waals surface area contributed by atoms with E-state index in [1.165, 1.54) is 6.08 Å². The van der Waals surface area contributed by atoms with Crippen molar-refractivity contribution >= 4 is 5.91 Å². The molecule has 2 rings (SSSR count). The van der Waals surface area contributed by atoms with Crippen molar-refractivity contribution in [2.45, 2.75) is 6.04 Å². The van der Waals surface area contributed by atoms with Gasteiger partial charge in [-0.05, 0) is 6.08 Å². The summed E-state index contributed by atoms with van der Waals surface area (Å²) >= 11 is 0. The number of amides is 1. The molecule has 1 N–H and O–H groups in total. The van der Waals surface area contributed by atoms with Crippen LogP contribution in [0.15, 0.2) is 37.4 Å². The summed E-state index contributed by atoms with van der Waals surface area (Å²) < 4.78 is 3.70. The van der Waals surface area contributed by atoms with Crippen LogP contribution < -0.4 is 5.32 Å². The highest BCUT2D eigenvalue weighted by Gasteiger charge is 2.23. The maximum absolute atomic E-state index is 11.5. The SMILES string of the molecule is C=CC(=O)NC(c1nccn1C)c1nccn1C. The molecule has 0 saturated carbocycles. The summed E-state index contributed by atoms with van der Waals surface area (Å²) in [7, 11) is 3.75. The fourth-order valence-electron chi connectivity index (χ4n) is 1.76. The highest BCUT2D eigenvalue weighted by atomic mass is 16.1. The average molecular weight is 245 g/mol. The zero-order valence-corrected chi connectivity index (χ0v) is 10.4. The molecule has 6 nitrogen and oxygen atoms in total. The predicted octanol–water partition coefficient (Wildman–Crippen LogP) is 0.545. The third kappa shape index (κ3) is 2.17. The van der Waals surface area contributed by atoms with E-state index in [1.54, 1.807) is 12.4 Å². The van der Waals surface area contributed by atoms with Crippen molar-refractivity contribution in [1.29, 1.82) is 0 Å². The van der Waals surface area contributed by atoms with Crippen LogP contribution in [0.2, 0.25) is 0 Å². The van der Waals surface area contributed by atoms with Crippen molar-refractivity contribution in [3.05, 3.63) is 49.1 Å². The fourth-order valence-corrected chi connectivity index (χ4v) is 1.76. The number of hydrogen-bond acceptors (Lipinski definition) is 3. The Morgan fingerprint density at radius 1 is 1.28 bits per heavy atom. The standard InChI is InChI=1S/C12H15N5O/c1-4-9(18)15-10(11-13-5-7-16(11)2)12-14-6-8-17(12)3/h4-8,10H,1H2,2-3H3,(H,15,18). The third-order valence-electron chi connectivity index (χ3n) is 2.71. The van der Waals surface area contributed by atoms with Gasteiger partial charge in [0.1, 0.15) is 17.7 Å². The summed E-state index contributed by atoms with van der Waals surface area (Å²) in [6.07, 6.45) is 8.26. The Balaban J connectivity index is 2.41. The van der Waals surface area contributed by atoms with Crippen LogP contribution in [-0.2, 0) is 18.9 Å². The number of nitrogens with one attached hydrogen (secondary N) is 1.